The summed E-state index contributed by atoms with van der Waals surface area (Å²) in [4.78, 5) is 7.15. The molecule has 2 N–H and O–H groups in total. The van der Waals surface area contributed by atoms with E-state index < -0.39 is 0 Å². The third-order valence-electron chi connectivity index (χ3n) is 5.98. The molecule has 1 unspecified atom stereocenters. The van der Waals surface area contributed by atoms with E-state index in [0.29, 0.717) is 34.5 Å². The number of phenols is 1. The Morgan fingerprint density at radius 1 is 1.27 bits per heavy atom. The zero-order chi connectivity index (χ0) is 20.9. The highest BCUT2D eigenvalue weighted by Crippen LogP contribution is 2.30. The van der Waals surface area contributed by atoms with Crippen LogP contribution >= 0.6 is 0 Å². The number of piperidine rings is 1. The first-order valence-corrected chi connectivity index (χ1v) is 10.7. The number of likely N-dealkylation sites (tertiary alicyclic amines) is 1. The maximum Gasteiger partial charge on any atom is 0.243 e. The van der Waals surface area contributed by atoms with Gasteiger partial charge in [-0.05, 0) is 63.3 Å². The van der Waals surface area contributed by atoms with E-state index in [9.17, 15) is 5.11 Å². The largest absolute Gasteiger partial charge is 0.507 e. The van der Waals surface area contributed by atoms with Crippen LogP contribution in [0.25, 0.3) is 11.3 Å². The molecule has 0 saturated carbocycles. The van der Waals surface area contributed by atoms with Gasteiger partial charge in [0.15, 0.2) is 0 Å². The standard InChI is InChI=1S/C23H29N5O2/c1-3-17-6-7-20(21(29)13-17)22-16(2)24-23(27-26-22)25-19-5-4-10-28(15-19)14-18-8-11-30-12-9-18/h1,6-7,13,18-19,29H,4-5,8-12,14-15H2,2H3,(H,24,25,27). The van der Waals surface area contributed by atoms with Gasteiger partial charge in [0.05, 0.1) is 5.69 Å². The number of phenolic OH excluding ortho intramolecular Hbond substituents is 1. The summed E-state index contributed by atoms with van der Waals surface area (Å²) < 4.78 is 5.48. The Bertz CT molecular complexity index is 920. The number of terminal acetylenes is 1. The number of aryl methyl sites for hydroxylation is 1. The van der Waals surface area contributed by atoms with E-state index in [1.807, 2.05) is 6.92 Å². The fourth-order valence-electron chi connectivity index (χ4n) is 4.35. The normalized spacial score (nSPS) is 20.6. The maximum atomic E-state index is 10.3. The number of rotatable bonds is 5. The first-order valence-electron chi connectivity index (χ1n) is 10.7. The van der Waals surface area contributed by atoms with Gasteiger partial charge in [0.1, 0.15) is 11.4 Å². The lowest BCUT2D eigenvalue weighted by atomic mass is 9.97. The van der Waals surface area contributed by atoms with Gasteiger partial charge in [-0.3, -0.25) is 0 Å². The maximum absolute atomic E-state index is 10.3. The van der Waals surface area contributed by atoms with Crippen LogP contribution in [-0.4, -0.2) is 64.1 Å². The quantitative estimate of drug-likeness (QED) is 0.738. The minimum Gasteiger partial charge on any atom is -0.507 e. The molecule has 0 aliphatic carbocycles. The third-order valence-corrected chi connectivity index (χ3v) is 5.98. The van der Waals surface area contributed by atoms with Crippen LogP contribution in [-0.2, 0) is 4.74 Å². The summed E-state index contributed by atoms with van der Waals surface area (Å²) in [6.45, 7) is 6.96. The van der Waals surface area contributed by atoms with Crippen LogP contribution in [0.5, 0.6) is 5.75 Å². The highest BCUT2D eigenvalue weighted by Gasteiger charge is 2.24. The molecule has 2 aliphatic rings. The Labute approximate surface area is 177 Å². The number of hydrogen-bond donors (Lipinski definition) is 2. The smallest absolute Gasteiger partial charge is 0.243 e. The van der Waals surface area contributed by atoms with Crippen LogP contribution in [0.4, 0.5) is 5.95 Å². The molecule has 2 fully saturated rings. The third kappa shape index (κ3) is 4.89. The van der Waals surface area contributed by atoms with Crippen molar-refractivity contribution < 1.29 is 9.84 Å². The van der Waals surface area contributed by atoms with Gasteiger partial charge in [-0.1, -0.05) is 5.92 Å². The molecular formula is C23H29N5O2. The van der Waals surface area contributed by atoms with E-state index in [2.05, 4.69) is 31.3 Å². The number of aromatic hydroxyl groups is 1. The molecule has 7 heteroatoms. The second-order valence-electron chi connectivity index (χ2n) is 8.24. The predicted octanol–water partition coefficient (Wildman–Crippen LogP) is 2.84. The number of aromatic nitrogens is 3. The molecule has 30 heavy (non-hydrogen) atoms. The number of nitrogens with one attached hydrogen (secondary N) is 1. The van der Waals surface area contributed by atoms with Crippen LogP contribution in [0.3, 0.4) is 0 Å². The fraction of sp³-hybridized carbons (Fsp3) is 0.522. The number of ether oxygens (including phenoxy) is 1. The van der Waals surface area contributed by atoms with Gasteiger partial charge < -0.3 is 20.1 Å². The van der Waals surface area contributed by atoms with E-state index in [0.717, 1.165) is 58.0 Å². The van der Waals surface area contributed by atoms with Crippen molar-refractivity contribution in [3.05, 3.63) is 29.5 Å². The van der Waals surface area contributed by atoms with Crippen LogP contribution < -0.4 is 5.32 Å². The van der Waals surface area contributed by atoms with Crippen molar-refractivity contribution in [1.29, 1.82) is 0 Å². The Morgan fingerprint density at radius 2 is 2.10 bits per heavy atom. The lowest BCUT2D eigenvalue weighted by Crippen LogP contribution is -2.44. The molecule has 2 saturated heterocycles. The summed E-state index contributed by atoms with van der Waals surface area (Å²) in [6, 6.07) is 5.40. The number of anilines is 1. The van der Waals surface area contributed by atoms with Gasteiger partial charge in [-0.25, -0.2) is 4.98 Å². The molecule has 2 aromatic rings. The average Bonchev–Trinajstić information content (AvgIpc) is 2.75. The molecule has 0 spiro atoms. The minimum absolute atomic E-state index is 0.0846. The Balaban J connectivity index is 1.40. The average molecular weight is 408 g/mol. The van der Waals surface area contributed by atoms with Crippen LogP contribution in [0.1, 0.15) is 36.9 Å². The Kier molecular flexibility index (Phi) is 6.46. The Morgan fingerprint density at radius 3 is 2.83 bits per heavy atom. The molecule has 1 aromatic carbocycles. The van der Waals surface area contributed by atoms with Gasteiger partial charge in [0.2, 0.25) is 5.95 Å². The van der Waals surface area contributed by atoms with E-state index in [-0.39, 0.29) is 5.75 Å². The molecule has 0 amide bonds. The lowest BCUT2D eigenvalue weighted by molar-refractivity contribution is 0.0490. The second kappa shape index (κ2) is 9.41. The van der Waals surface area contributed by atoms with Crippen molar-refractivity contribution in [3.8, 4) is 29.4 Å². The van der Waals surface area contributed by atoms with E-state index in [4.69, 9.17) is 11.2 Å². The monoisotopic (exact) mass is 407 g/mol. The number of nitrogens with zero attached hydrogens (tertiary/aromatic N) is 4. The van der Waals surface area contributed by atoms with Gasteiger partial charge >= 0.3 is 0 Å². The molecule has 3 heterocycles. The van der Waals surface area contributed by atoms with Gasteiger partial charge in [-0.15, -0.1) is 16.6 Å². The van der Waals surface area contributed by atoms with Crippen LogP contribution in [0.2, 0.25) is 0 Å². The number of benzene rings is 1. The molecule has 0 bridgehead atoms. The molecule has 2 aliphatic heterocycles. The summed E-state index contributed by atoms with van der Waals surface area (Å²) in [6.07, 6.45) is 9.99. The van der Waals surface area contributed by atoms with E-state index in [1.165, 1.54) is 6.42 Å². The SMILES string of the molecule is C#Cc1ccc(-c2nnc(NC3CCCN(CC4CCOCC4)C3)nc2C)c(O)c1. The topological polar surface area (TPSA) is 83.4 Å². The van der Waals surface area contributed by atoms with Crippen molar-refractivity contribution in [1.82, 2.24) is 20.1 Å². The zero-order valence-corrected chi connectivity index (χ0v) is 17.5. The van der Waals surface area contributed by atoms with Crippen molar-refractivity contribution in [2.24, 2.45) is 5.92 Å². The van der Waals surface area contributed by atoms with Gasteiger partial charge in [-0.2, -0.15) is 0 Å². The Hall–Kier alpha value is -2.69. The molecule has 158 valence electrons. The summed E-state index contributed by atoms with van der Waals surface area (Å²) in [5.41, 5.74) is 2.48. The minimum atomic E-state index is 0.0846. The molecule has 7 nitrogen and oxygen atoms in total. The van der Waals surface area contributed by atoms with E-state index >= 15 is 0 Å². The fourth-order valence-corrected chi connectivity index (χ4v) is 4.35. The van der Waals surface area contributed by atoms with Gasteiger partial charge in [0.25, 0.3) is 0 Å². The van der Waals surface area contributed by atoms with E-state index in [1.54, 1.807) is 18.2 Å². The molecular weight excluding hydrogens is 378 g/mol. The number of hydrogen-bond acceptors (Lipinski definition) is 7. The van der Waals surface area contributed by atoms with Crippen molar-refractivity contribution in [2.75, 3.05) is 38.2 Å². The molecule has 1 aromatic heterocycles. The predicted molar refractivity (Wildman–Crippen MR) is 116 cm³/mol. The molecule has 1 atom stereocenters. The molecule has 4 rings (SSSR count). The summed E-state index contributed by atoms with van der Waals surface area (Å²) in [5.74, 6) is 3.87. The van der Waals surface area contributed by atoms with Crippen LogP contribution in [0, 0.1) is 25.2 Å². The molecule has 0 radical (unpaired) electrons. The lowest BCUT2D eigenvalue weighted by Gasteiger charge is -2.36. The zero-order valence-electron chi connectivity index (χ0n) is 17.5. The highest BCUT2D eigenvalue weighted by molar-refractivity contribution is 5.69. The highest BCUT2D eigenvalue weighted by atomic mass is 16.5. The van der Waals surface area contributed by atoms with Crippen molar-refractivity contribution >= 4 is 5.95 Å². The van der Waals surface area contributed by atoms with Crippen molar-refractivity contribution in [2.45, 2.75) is 38.6 Å². The van der Waals surface area contributed by atoms with Crippen LogP contribution in [0.15, 0.2) is 18.2 Å². The summed E-state index contributed by atoms with van der Waals surface area (Å²) in [5, 5.41) is 22.3. The first kappa shape index (κ1) is 20.6. The van der Waals surface area contributed by atoms with Crippen molar-refractivity contribution in [3.63, 3.8) is 0 Å². The summed E-state index contributed by atoms with van der Waals surface area (Å²) in [7, 11) is 0. The first-order chi connectivity index (χ1) is 14.6. The summed E-state index contributed by atoms with van der Waals surface area (Å²) >= 11 is 0. The van der Waals surface area contributed by atoms with Gasteiger partial charge in [0, 0.05) is 43.5 Å². The second-order valence-corrected chi connectivity index (χ2v) is 8.24.